The van der Waals surface area contributed by atoms with Gasteiger partial charge in [-0.05, 0) is 43.9 Å². The van der Waals surface area contributed by atoms with Gasteiger partial charge >= 0.3 is 0 Å². The zero-order valence-corrected chi connectivity index (χ0v) is 11.0. The third kappa shape index (κ3) is 3.78. The summed E-state index contributed by atoms with van der Waals surface area (Å²) in [4.78, 5) is 11.0. The molecule has 94 valence electrons. The number of rotatable bonds is 3. The molecule has 1 aliphatic carbocycles. The second-order valence-electron chi connectivity index (χ2n) is 6.21. The Morgan fingerprint density at radius 3 is 2.12 bits per heavy atom. The van der Waals surface area contributed by atoms with E-state index in [9.17, 15) is 4.79 Å². The molecular formula is C13H26N2O. The van der Waals surface area contributed by atoms with Gasteiger partial charge in [0.15, 0.2) is 0 Å². The predicted molar refractivity (Wildman–Crippen MR) is 67.0 cm³/mol. The van der Waals surface area contributed by atoms with Crippen molar-refractivity contribution in [3.05, 3.63) is 0 Å². The highest BCUT2D eigenvalue weighted by Crippen LogP contribution is 2.37. The van der Waals surface area contributed by atoms with Crippen LogP contribution in [0.4, 0.5) is 0 Å². The first-order chi connectivity index (χ1) is 7.30. The molecule has 3 nitrogen and oxygen atoms in total. The molecule has 1 atom stereocenters. The first-order valence-electron chi connectivity index (χ1n) is 6.36. The number of carbonyl (C=O) groups excluding carboxylic acids is 1. The van der Waals surface area contributed by atoms with Crippen molar-refractivity contribution in [3.63, 3.8) is 0 Å². The highest BCUT2D eigenvalue weighted by atomic mass is 16.1. The van der Waals surface area contributed by atoms with Crippen molar-refractivity contribution in [2.24, 2.45) is 17.1 Å². The van der Waals surface area contributed by atoms with Crippen LogP contribution in [0.25, 0.3) is 0 Å². The average molecular weight is 226 g/mol. The molecule has 0 aliphatic heterocycles. The molecule has 3 N–H and O–H groups in total. The van der Waals surface area contributed by atoms with E-state index in [2.05, 4.69) is 26.1 Å². The summed E-state index contributed by atoms with van der Waals surface area (Å²) in [6.45, 7) is 8.80. The van der Waals surface area contributed by atoms with E-state index in [4.69, 9.17) is 5.73 Å². The normalized spacial score (nSPS) is 28.8. The Hall–Kier alpha value is -0.570. The number of primary amides is 1. The SMILES string of the molecule is CC(NC1CCC(C(C)(C)C)CC1)C(N)=O. The molecule has 0 heterocycles. The number of amides is 1. The third-order valence-corrected chi connectivity index (χ3v) is 3.86. The van der Waals surface area contributed by atoms with E-state index in [1.165, 1.54) is 25.7 Å². The summed E-state index contributed by atoms with van der Waals surface area (Å²) in [6, 6.07) is 0.275. The first-order valence-corrected chi connectivity index (χ1v) is 6.36. The van der Waals surface area contributed by atoms with Crippen LogP contribution >= 0.6 is 0 Å². The molecule has 0 spiro atoms. The van der Waals surface area contributed by atoms with Gasteiger partial charge in [-0.25, -0.2) is 0 Å². The highest BCUT2D eigenvalue weighted by molar-refractivity contribution is 5.79. The van der Waals surface area contributed by atoms with E-state index in [0.29, 0.717) is 11.5 Å². The highest BCUT2D eigenvalue weighted by Gasteiger charge is 2.30. The van der Waals surface area contributed by atoms with Crippen LogP contribution in [0.5, 0.6) is 0 Å². The van der Waals surface area contributed by atoms with Crippen LogP contribution in [0.15, 0.2) is 0 Å². The summed E-state index contributed by atoms with van der Waals surface area (Å²) in [6.07, 6.45) is 4.85. The van der Waals surface area contributed by atoms with Crippen molar-refractivity contribution in [1.29, 1.82) is 0 Å². The van der Waals surface area contributed by atoms with Gasteiger partial charge in [-0.1, -0.05) is 20.8 Å². The molecule has 16 heavy (non-hydrogen) atoms. The summed E-state index contributed by atoms with van der Waals surface area (Å²) < 4.78 is 0. The topological polar surface area (TPSA) is 55.1 Å². The summed E-state index contributed by atoms with van der Waals surface area (Å²) >= 11 is 0. The van der Waals surface area contributed by atoms with Crippen LogP contribution in [-0.2, 0) is 4.79 Å². The molecule has 0 radical (unpaired) electrons. The second-order valence-corrected chi connectivity index (χ2v) is 6.21. The van der Waals surface area contributed by atoms with Gasteiger partial charge in [0.25, 0.3) is 0 Å². The molecule has 1 rings (SSSR count). The molecule has 1 fully saturated rings. The van der Waals surface area contributed by atoms with E-state index >= 15 is 0 Å². The predicted octanol–water partition coefficient (Wildman–Crippen LogP) is 2.05. The zero-order chi connectivity index (χ0) is 12.3. The maximum Gasteiger partial charge on any atom is 0.234 e. The Morgan fingerprint density at radius 2 is 1.75 bits per heavy atom. The number of hydrogen-bond donors (Lipinski definition) is 2. The molecule has 0 aromatic carbocycles. The fourth-order valence-corrected chi connectivity index (χ4v) is 2.56. The van der Waals surface area contributed by atoms with Crippen LogP contribution in [0.2, 0.25) is 0 Å². The van der Waals surface area contributed by atoms with Crippen LogP contribution in [-0.4, -0.2) is 18.0 Å². The minimum Gasteiger partial charge on any atom is -0.368 e. The van der Waals surface area contributed by atoms with Crippen molar-refractivity contribution in [2.75, 3.05) is 0 Å². The van der Waals surface area contributed by atoms with Crippen molar-refractivity contribution in [1.82, 2.24) is 5.32 Å². The van der Waals surface area contributed by atoms with Gasteiger partial charge in [-0.2, -0.15) is 0 Å². The second kappa shape index (κ2) is 5.17. The lowest BCUT2D eigenvalue weighted by Gasteiger charge is -2.37. The van der Waals surface area contributed by atoms with E-state index in [-0.39, 0.29) is 11.9 Å². The quantitative estimate of drug-likeness (QED) is 0.774. The summed E-state index contributed by atoms with van der Waals surface area (Å²) in [5.41, 5.74) is 5.67. The average Bonchev–Trinajstić information content (AvgIpc) is 2.17. The summed E-state index contributed by atoms with van der Waals surface area (Å²) in [5, 5.41) is 3.32. The fraction of sp³-hybridized carbons (Fsp3) is 0.923. The van der Waals surface area contributed by atoms with Crippen molar-refractivity contribution in [2.45, 2.75) is 65.5 Å². The lowest BCUT2D eigenvalue weighted by atomic mass is 9.71. The molecule has 0 aromatic rings. The monoisotopic (exact) mass is 226 g/mol. The summed E-state index contributed by atoms with van der Waals surface area (Å²) in [7, 11) is 0. The molecule has 1 unspecified atom stereocenters. The molecule has 0 aromatic heterocycles. The Bertz CT molecular complexity index is 237. The van der Waals surface area contributed by atoms with E-state index in [1.807, 2.05) is 6.92 Å². The van der Waals surface area contributed by atoms with Gasteiger partial charge in [-0.15, -0.1) is 0 Å². The van der Waals surface area contributed by atoms with Crippen LogP contribution in [0.3, 0.4) is 0 Å². The number of nitrogens with two attached hydrogens (primary N) is 1. The van der Waals surface area contributed by atoms with Crippen molar-refractivity contribution in [3.8, 4) is 0 Å². The lowest BCUT2D eigenvalue weighted by Crippen LogP contribution is -2.46. The van der Waals surface area contributed by atoms with Gasteiger partial charge in [0.05, 0.1) is 6.04 Å². The van der Waals surface area contributed by atoms with Gasteiger partial charge in [-0.3, -0.25) is 4.79 Å². The maximum atomic E-state index is 11.0. The van der Waals surface area contributed by atoms with Crippen molar-refractivity contribution >= 4 is 5.91 Å². The minimum absolute atomic E-state index is 0.198. The van der Waals surface area contributed by atoms with Crippen molar-refractivity contribution < 1.29 is 4.79 Å². The standard InChI is InChI=1S/C13H26N2O/c1-9(12(14)16)15-11-7-5-10(6-8-11)13(2,3)4/h9-11,15H,5-8H2,1-4H3,(H2,14,16). The molecule has 1 saturated carbocycles. The minimum atomic E-state index is -0.252. The molecule has 3 heteroatoms. The molecular weight excluding hydrogens is 200 g/mol. The number of carbonyl (C=O) groups is 1. The molecule has 0 saturated heterocycles. The Labute approximate surface area is 99.2 Å². The van der Waals surface area contributed by atoms with E-state index in [0.717, 1.165) is 5.92 Å². The Balaban J connectivity index is 2.35. The lowest BCUT2D eigenvalue weighted by molar-refractivity contribution is -0.119. The number of hydrogen-bond acceptors (Lipinski definition) is 2. The van der Waals surface area contributed by atoms with Gasteiger partial charge in [0.2, 0.25) is 5.91 Å². The van der Waals surface area contributed by atoms with Gasteiger partial charge in [0.1, 0.15) is 0 Å². The maximum absolute atomic E-state index is 11.0. The number of nitrogens with one attached hydrogen (secondary N) is 1. The smallest absolute Gasteiger partial charge is 0.234 e. The summed E-state index contributed by atoms with van der Waals surface area (Å²) in [5.74, 6) is 0.562. The molecule has 0 bridgehead atoms. The fourth-order valence-electron chi connectivity index (χ4n) is 2.56. The molecule has 1 aliphatic rings. The van der Waals surface area contributed by atoms with Gasteiger partial charge in [0, 0.05) is 6.04 Å². The Kier molecular flexibility index (Phi) is 4.36. The van der Waals surface area contributed by atoms with E-state index in [1.54, 1.807) is 0 Å². The zero-order valence-electron chi connectivity index (χ0n) is 11.0. The van der Waals surface area contributed by atoms with Gasteiger partial charge < -0.3 is 11.1 Å². The third-order valence-electron chi connectivity index (χ3n) is 3.86. The van der Waals surface area contributed by atoms with Crippen LogP contribution in [0, 0.1) is 11.3 Å². The Morgan fingerprint density at radius 1 is 1.25 bits per heavy atom. The van der Waals surface area contributed by atoms with E-state index < -0.39 is 0 Å². The molecule has 1 amide bonds. The van der Waals surface area contributed by atoms with Crippen LogP contribution in [0.1, 0.15) is 53.4 Å². The first kappa shape index (κ1) is 13.5. The van der Waals surface area contributed by atoms with Crippen LogP contribution < -0.4 is 11.1 Å². The largest absolute Gasteiger partial charge is 0.368 e.